The van der Waals surface area contributed by atoms with Gasteiger partial charge in [0, 0.05) is 12.7 Å². The fourth-order valence-corrected chi connectivity index (χ4v) is 1.58. The van der Waals surface area contributed by atoms with Crippen molar-refractivity contribution >= 4 is 23.5 Å². The third-order valence-corrected chi connectivity index (χ3v) is 2.72. The monoisotopic (exact) mass is 287 g/mol. The summed E-state index contributed by atoms with van der Waals surface area (Å²) in [5, 5.41) is 21.4. The lowest BCUT2D eigenvalue weighted by Crippen LogP contribution is -2.24. The van der Waals surface area contributed by atoms with Crippen molar-refractivity contribution in [1.82, 2.24) is 9.97 Å². The number of hydrogen-bond acceptors (Lipinski definition) is 8. The van der Waals surface area contributed by atoms with Gasteiger partial charge >= 0.3 is 5.97 Å². The Kier molecular flexibility index (Phi) is 6.54. The van der Waals surface area contributed by atoms with Crippen molar-refractivity contribution in [3.05, 3.63) is 11.8 Å². The van der Waals surface area contributed by atoms with E-state index in [1.54, 1.807) is 6.92 Å². The Bertz CT molecular complexity index is 430. The van der Waals surface area contributed by atoms with Gasteiger partial charge < -0.3 is 20.3 Å². The Morgan fingerprint density at radius 3 is 2.95 bits per heavy atom. The number of rotatable bonds is 7. The molecule has 106 valence electrons. The van der Waals surface area contributed by atoms with Crippen LogP contribution in [0.25, 0.3) is 0 Å². The van der Waals surface area contributed by atoms with Crippen LogP contribution in [0.2, 0.25) is 0 Å². The van der Waals surface area contributed by atoms with Gasteiger partial charge in [0.2, 0.25) is 0 Å². The van der Waals surface area contributed by atoms with Gasteiger partial charge in [-0.25, -0.2) is 14.8 Å². The van der Waals surface area contributed by atoms with Crippen LogP contribution in [-0.4, -0.2) is 58.3 Å². The number of esters is 1. The van der Waals surface area contributed by atoms with Crippen LogP contribution in [0.4, 0.5) is 5.82 Å². The zero-order valence-corrected chi connectivity index (χ0v) is 11.6. The molecule has 0 aromatic carbocycles. The van der Waals surface area contributed by atoms with E-state index >= 15 is 0 Å². The van der Waals surface area contributed by atoms with E-state index in [9.17, 15) is 9.90 Å². The van der Waals surface area contributed by atoms with Crippen molar-refractivity contribution < 1.29 is 19.7 Å². The number of ether oxygens (including phenoxy) is 1. The minimum Gasteiger partial charge on any atom is -0.462 e. The molecule has 0 aliphatic heterocycles. The number of thioether (sulfide) groups is 1. The molecule has 19 heavy (non-hydrogen) atoms. The van der Waals surface area contributed by atoms with Crippen molar-refractivity contribution in [2.24, 2.45) is 0 Å². The molecule has 1 aromatic heterocycles. The second-order valence-corrected chi connectivity index (χ2v) is 4.33. The summed E-state index contributed by atoms with van der Waals surface area (Å²) in [6, 6.07) is 0. The summed E-state index contributed by atoms with van der Waals surface area (Å²) in [4.78, 5) is 19.9. The second kappa shape index (κ2) is 7.93. The third-order valence-electron chi connectivity index (χ3n) is 2.16. The number of nitrogens with zero attached hydrogens (tertiary/aromatic N) is 2. The van der Waals surface area contributed by atoms with Crippen LogP contribution in [0.3, 0.4) is 0 Å². The van der Waals surface area contributed by atoms with Gasteiger partial charge in [-0.3, -0.25) is 0 Å². The molecule has 0 fully saturated rings. The first kappa shape index (κ1) is 15.7. The van der Waals surface area contributed by atoms with Gasteiger partial charge in [0.1, 0.15) is 11.4 Å². The van der Waals surface area contributed by atoms with E-state index in [0.717, 1.165) is 0 Å². The Balaban J connectivity index is 2.92. The molecule has 0 amide bonds. The molecule has 1 atom stereocenters. The first-order chi connectivity index (χ1) is 9.12. The highest BCUT2D eigenvalue weighted by atomic mass is 32.2. The number of aromatic nitrogens is 2. The minimum absolute atomic E-state index is 0.0771. The van der Waals surface area contributed by atoms with E-state index < -0.39 is 12.1 Å². The molecule has 3 N–H and O–H groups in total. The topological polar surface area (TPSA) is 105 Å². The highest BCUT2D eigenvalue weighted by molar-refractivity contribution is 7.98. The zero-order chi connectivity index (χ0) is 14.3. The van der Waals surface area contributed by atoms with Crippen molar-refractivity contribution in [2.45, 2.75) is 18.2 Å². The maximum absolute atomic E-state index is 11.7. The van der Waals surface area contributed by atoms with Crippen LogP contribution in [0.15, 0.2) is 11.4 Å². The van der Waals surface area contributed by atoms with Crippen LogP contribution in [0.1, 0.15) is 17.3 Å². The lowest BCUT2D eigenvalue weighted by atomic mass is 10.3. The van der Waals surface area contributed by atoms with Gasteiger partial charge in [-0.2, -0.15) is 0 Å². The number of aliphatic hydroxyl groups excluding tert-OH is 2. The predicted molar refractivity (Wildman–Crippen MR) is 71.4 cm³/mol. The summed E-state index contributed by atoms with van der Waals surface area (Å²) in [5.74, 6) is -0.249. The summed E-state index contributed by atoms with van der Waals surface area (Å²) in [6.45, 7) is 1.66. The maximum atomic E-state index is 11.7. The molecular weight excluding hydrogens is 270 g/mol. The van der Waals surface area contributed by atoms with E-state index in [1.807, 2.05) is 6.26 Å². The van der Waals surface area contributed by atoms with Crippen LogP contribution in [0, 0.1) is 0 Å². The summed E-state index contributed by atoms with van der Waals surface area (Å²) in [7, 11) is 0. The molecule has 1 aromatic rings. The SMILES string of the molecule is CCOC(=O)c1cnc(SC)nc1NCC(O)CO. The second-order valence-electron chi connectivity index (χ2n) is 3.56. The van der Waals surface area contributed by atoms with Crippen molar-refractivity contribution in [3.8, 4) is 0 Å². The largest absolute Gasteiger partial charge is 0.462 e. The summed E-state index contributed by atoms with van der Waals surface area (Å²) in [6.07, 6.45) is 2.26. The molecule has 0 bridgehead atoms. The fraction of sp³-hybridized carbons (Fsp3) is 0.545. The number of carbonyl (C=O) groups excluding carboxylic acids is 1. The molecule has 0 radical (unpaired) electrons. The summed E-state index contributed by atoms with van der Waals surface area (Å²) < 4.78 is 4.90. The standard InChI is InChI=1S/C11H17N3O4S/c1-3-18-10(17)8-5-13-11(19-2)14-9(8)12-4-7(16)6-15/h5,7,15-16H,3-4,6H2,1-2H3,(H,12,13,14). The molecule has 1 heterocycles. The van der Waals surface area contributed by atoms with Gasteiger partial charge in [0.25, 0.3) is 0 Å². The average molecular weight is 287 g/mol. The Morgan fingerprint density at radius 1 is 1.63 bits per heavy atom. The van der Waals surface area contributed by atoms with Crippen molar-refractivity contribution in [3.63, 3.8) is 0 Å². The van der Waals surface area contributed by atoms with Crippen molar-refractivity contribution in [2.75, 3.05) is 31.3 Å². The number of hydrogen-bond donors (Lipinski definition) is 3. The molecule has 0 spiro atoms. The Morgan fingerprint density at radius 2 is 2.37 bits per heavy atom. The smallest absolute Gasteiger partial charge is 0.343 e. The molecule has 0 saturated heterocycles. The Labute approximate surface area is 115 Å². The lowest BCUT2D eigenvalue weighted by Gasteiger charge is -2.13. The zero-order valence-electron chi connectivity index (χ0n) is 10.8. The predicted octanol–water partition coefficient (Wildman–Crippen LogP) is 0.140. The summed E-state index contributed by atoms with van der Waals surface area (Å²) in [5.41, 5.74) is 0.199. The van der Waals surface area contributed by atoms with Gasteiger partial charge in [-0.15, -0.1) is 0 Å². The van der Waals surface area contributed by atoms with Crippen LogP contribution < -0.4 is 5.32 Å². The van der Waals surface area contributed by atoms with Gasteiger partial charge in [-0.05, 0) is 13.2 Å². The molecule has 8 heteroatoms. The van der Waals surface area contributed by atoms with E-state index in [-0.39, 0.29) is 31.1 Å². The highest BCUT2D eigenvalue weighted by Crippen LogP contribution is 2.17. The first-order valence-corrected chi connectivity index (χ1v) is 6.95. The lowest BCUT2D eigenvalue weighted by molar-refractivity contribution is 0.0526. The average Bonchev–Trinajstić information content (AvgIpc) is 2.44. The van der Waals surface area contributed by atoms with E-state index in [1.165, 1.54) is 18.0 Å². The van der Waals surface area contributed by atoms with E-state index in [2.05, 4.69) is 15.3 Å². The molecule has 0 aliphatic carbocycles. The van der Waals surface area contributed by atoms with Gasteiger partial charge in [0.15, 0.2) is 5.16 Å². The molecule has 0 aliphatic rings. The van der Waals surface area contributed by atoms with E-state index in [4.69, 9.17) is 9.84 Å². The van der Waals surface area contributed by atoms with Gasteiger partial charge in [-0.1, -0.05) is 11.8 Å². The normalized spacial score (nSPS) is 12.0. The Hall–Kier alpha value is -1.38. The van der Waals surface area contributed by atoms with Crippen molar-refractivity contribution in [1.29, 1.82) is 0 Å². The van der Waals surface area contributed by atoms with Crippen LogP contribution in [0.5, 0.6) is 0 Å². The molecule has 7 nitrogen and oxygen atoms in total. The molecule has 1 rings (SSSR count). The highest BCUT2D eigenvalue weighted by Gasteiger charge is 2.16. The minimum atomic E-state index is -0.928. The van der Waals surface area contributed by atoms with Gasteiger partial charge in [0.05, 0.1) is 19.3 Å². The number of anilines is 1. The van der Waals surface area contributed by atoms with Crippen LogP contribution >= 0.6 is 11.8 Å². The third kappa shape index (κ3) is 4.66. The molecule has 1 unspecified atom stereocenters. The number of nitrogens with one attached hydrogen (secondary N) is 1. The number of aliphatic hydroxyl groups is 2. The quantitative estimate of drug-likeness (QED) is 0.369. The number of carbonyl (C=O) groups is 1. The van der Waals surface area contributed by atoms with E-state index in [0.29, 0.717) is 5.16 Å². The summed E-state index contributed by atoms with van der Waals surface area (Å²) >= 11 is 1.33. The maximum Gasteiger partial charge on any atom is 0.343 e. The van der Waals surface area contributed by atoms with Crippen LogP contribution in [-0.2, 0) is 4.74 Å². The molecular formula is C11H17N3O4S. The first-order valence-electron chi connectivity index (χ1n) is 5.73. The molecule has 0 saturated carbocycles. The fourth-order valence-electron chi connectivity index (χ4n) is 1.24.